The molecule has 0 fully saturated rings. The molecule has 0 unspecified atom stereocenters. The molecule has 0 spiro atoms. The lowest BCUT2D eigenvalue weighted by atomic mass is 10.0. The molecule has 232 valence electrons. The number of carbonyl (C=O) groups excluding carboxylic acids is 2. The van der Waals surface area contributed by atoms with Crippen LogP contribution in [-0.4, -0.2) is 24.3 Å². The topological polar surface area (TPSA) is 52.6 Å². The van der Waals surface area contributed by atoms with Crippen molar-refractivity contribution in [2.24, 2.45) is 0 Å². The lowest BCUT2D eigenvalue weighted by molar-refractivity contribution is 0.0497. The number of thioether (sulfide) groups is 1. The standard InChI is InChI=1S/C38H50O4S/c1-3-5-7-9-11-12-13-15-29-41-37(39)33-21-25-35(26-22-33)42-38(40)34-19-17-31(18-20-34)32-23-27-36(28-24-32)43-30-16-14-10-8-6-4-2/h17-28H,3-16,29-30H2,1-2H3. The molecule has 3 rings (SSSR count). The fourth-order valence-corrected chi connectivity index (χ4v) is 5.84. The minimum Gasteiger partial charge on any atom is -0.462 e. The second-order valence-corrected chi connectivity index (χ2v) is 12.4. The van der Waals surface area contributed by atoms with Crippen molar-refractivity contribution in [3.63, 3.8) is 0 Å². The van der Waals surface area contributed by atoms with E-state index < -0.39 is 5.97 Å². The Bertz CT molecular complexity index is 1190. The molecule has 3 aromatic rings. The van der Waals surface area contributed by atoms with Gasteiger partial charge >= 0.3 is 11.9 Å². The summed E-state index contributed by atoms with van der Waals surface area (Å²) in [6.07, 6.45) is 17.5. The first-order valence-corrected chi connectivity index (χ1v) is 17.4. The highest BCUT2D eigenvalue weighted by molar-refractivity contribution is 7.99. The Balaban J connectivity index is 1.37. The molecule has 0 heterocycles. The van der Waals surface area contributed by atoms with Crippen molar-refractivity contribution in [1.82, 2.24) is 0 Å². The predicted octanol–water partition coefficient (Wildman–Crippen LogP) is 11.3. The summed E-state index contributed by atoms with van der Waals surface area (Å²) in [5, 5.41) is 0. The van der Waals surface area contributed by atoms with Crippen LogP contribution < -0.4 is 4.74 Å². The average Bonchev–Trinajstić information content (AvgIpc) is 3.04. The van der Waals surface area contributed by atoms with E-state index >= 15 is 0 Å². The summed E-state index contributed by atoms with van der Waals surface area (Å²) in [4.78, 5) is 26.3. The van der Waals surface area contributed by atoms with Gasteiger partial charge in [-0.3, -0.25) is 0 Å². The Morgan fingerprint density at radius 3 is 1.58 bits per heavy atom. The fraction of sp³-hybridized carbons (Fsp3) is 0.474. The van der Waals surface area contributed by atoms with E-state index in [1.165, 1.54) is 81.9 Å². The van der Waals surface area contributed by atoms with Crippen LogP contribution in [0, 0.1) is 0 Å². The van der Waals surface area contributed by atoms with E-state index in [2.05, 4.69) is 38.1 Å². The summed E-state index contributed by atoms with van der Waals surface area (Å²) < 4.78 is 10.9. The van der Waals surface area contributed by atoms with Gasteiger partial charge in [-0.15, -0.1) is 11.8 Å². The van der Waals surface area contributed by atoms with Gasteiger partial charge in [0.1, 0.15) is 5.75 Å². The van der Waals surface area contributed by atoms with Gasteiger partial charge in [-0.1, -0.05) is 115 Å². The van der Waals surface area contributed by atoms with E-state index in [1.54, 1.807) is 36.4 Å². The molecule has 0 atom stereocenters. The third kappa shape index (κ3) is 13.4. The van der Waals surface area contributed by atoms with Crippen LogP contribution in [0.5, 0.6) is 5.75 Å². The van der Waals surface area contributed by atoms with Gasteiger partial charge in [0.2, 0.25) is 0 Å². The van der Waals surface area contributed by atoms with Gasteiger partial charge in [0, 0.05) is 4.90 Å². The molecule has 0 saturated carbocycles. The molecule has 0 amide bonds. The Morgan fingerprint density at radius 1 is 0.535 bits per heavy atom. The maximum atomic E-state index is 12.7. The van der Waals surface area contributed by atoms with Crippen LogP contribution in [0.25, 0.3) is 11.1 Å². The predicted molar refractivity (Wildman–Crippen MR) is 180 cm³/mol. The summed E-state index contributed by atoms with van der Waals surface area (Å²) >= 11 is 1.92. The normalized spacial score (nSPS) is 10.9. The molecule has 0 aliphatic rings. The van der Waals surface area contributed by atoms with Gasteiger partial charge in [0.25, 0.3) is 0 Å². The zero-order valence-electron chi connectivity index (χ0n) is 26.3. The quantitative estimate of drug-likeness (QED) is 0.0525. The van der Waals surface area contributed by atoms with Crippen LogP contribution in [0.4, 0.5) is 0 Å². The second-order valence-electron chi connectivity index (χ2n) is 11.2. The average molecular weight is 603 g/mol. The molecule has 0 bridgehead atoms. The summed E-state index contributed by atoms with van der Waals surface area (Å²) in [6.45, 7) is 4.91. The van der Waals surface area contributed by atoms with Crippen molar-refractivity contribution in [1.29, 1.82) is 0 Å². The first-order chi connectivity index (χ1) is 21.1. The Hall–Kier alpha value is -3.05. The Morgan fingerprint density at radius 2 is 1.00 bits per heavy atom. The number of carbonyl (C=O) groups is 2. The van der Waals surface area contributed by atoms with E-state index in [9.17, 15) is 9.59 Å². The number of hydrogen-bond donors (Lipinski definition) is 0. The number of benzene rings is 3. The number of ether oxygens (including phenoxy) is 2. The molecule has 43 heavy (non-hydrogen) atoms. The van der Waals surface area contributed by atoms with Crippen molar-refractivity contribution in [3.05, 3.63) is 83.9 Å². The smallest absolute Gasteiger partial charge is 0.343 e. The minimum atomic E-state index is -0.432. The third-order valence-electron chi connectivity index (χ3n) is 7.61. The number of esters is 2. The summed E-state index contributed by atoms with van der Waals surface area (Å²) in [6, 6.07) is 22.6. The first-order valence-electron chi connectivity index (χ1n) is 16.4. The molecular formula is C38H50O4S. The zero-order valence-corrected chi connectivity index (χ0v) is 27.1. The summed E-state index contributed by atoms with van der Waals surface area (Å²) in [7, 11) is 0. The molecule has 0 aliphatic heterocycles. The Kier molecular flexibility index (Phi) is 16.6. The number of rotatable bonds is 21. The molecule has 0 N–H and O–H groups in total. The maximum Gasteiger partial charge on any atom is 0.343 e. The Labute approximate surface area is 264 Å². The summed E-state index contributed by atoms with van der Waals surface area (Å²) in [5.41, 5.74) is 3.10. The molecule has 4 nitrogen and oxygen atoms in total. The third-order valence-corrected chi connectivity index (χ3v) is 8.70. The van der Waals surface area contributed by atoms with Gasteiger partial charge in [-0.25, -0.2) is 9.59 Å². The molecule has 5 heteroatoms. The molecule has 3 aromatic carbocycles. The fourth-order valence-electron chi connectivity index (χ4n) is 4.92. The number of unbranched alkanes of at least 4 members (excludes halogenated alkanes) is 12. The van der Waals surface area contributed by atoms with E-state index in [4.69, 9.17) is 9.47 Å². The van der Waals surface area contributed by atoms with Crippen LogP contribution >= 0.6 is 11.8 Å². The first kappa shape index (κ1) is 34.4. The monoisotopic (exact) mass is 602 g/mol. The highest BCUT2D eigenvalue weighted by atomic mass is 32.2. The lowest BCUT2D eigenvalue weighted by Gasteiger charge is -2.08. The van der Waals surface area contributed by atoms with E-state index in [-0.39, 0.29) is 5.97 Å². The molecular weight excluding hydrogens is 552 g/mol. The largest absolute Gasteiger partial charge is 0.462 e. The van der Waals surface area contributed by atoms with Crippen LogP contribution in [-0.2, 0) is 4.74 Å². The SMILES string of the molecule is CCCCCCCCCCOC(=O)c1ccc(OC(=O)c2ccc(-c3ccc(SCCCCCCCC)cc3)cc2)cc1. The second kappa shape index (κ2) is 20.8. The minimum absolute atomic E-state index is 0.346. The maximum absolute atomic E-state index is 12.7. The molecule has 0 aliphatic carbocycles. The van der Waals surface area contributed by atoms with Gasteiger partial charge < -0.3 is 9.47 Å². The number of hydrogen-bond acceptors (Lipinski definition) is 5. The highest BCUT2D eigenvalue weighted by Crippen LogP contribution is 2.26. The van der Waals surface area contributed by atoms with Crippen molar-refractivity contribution in [2.75, 3.05) is 12.4 Å². The van der Waals surface area contributed by atoms with E-state index in [0.717, 1.165) is 29.7 Å². The highest BCUT2D eigenvalue weighted by Gasteiger charge is 2.11. The van der Waals surface area contributed by atoms with Gasteiger partial charge in [-0.05, 0) is 78.3 Å². The van der Waals surface area contributed by atoms with Crippen LogP contribution in [0.1, 0.15) is 124 Å². The lowest BCUT2D eigenvalue weighted by Crippen LogP contribution is -2.09. The molecule has 0 saturated heterocycles. The van der Waals surface area contributed by atoms with Crippen LogP contribution in [0.2, 0.25) is 0 Å². The van der Waals surface area contributed by atoms with Crippen molar-refractivity contribution >= 4 is 23.7 Å². The van der Waals surface area contributed by atoms with E-state index in [0.29, 0.717) is 23.5 Å². The van der Waals surface area contributed by atoms with Crippen molar-refractivity contribution in [3.8, 4) is 16.9 Å². The van der Waals surface area contributed by atoms with Gasteiger partial charge in [0.15, 0.2) is 0 Å². The van der Waals surface area contributed by atoms with Gasteiger partial charge in [0.05, 0.1) is 17.7 Å². The zero-order chi connectivity index (χ0) is 30.5. The van der Waals surface area contributed by atoms with Gasteiger partial charge in [-0.2, -0.15) is 0 Å². The van der Waals surface area contributed by atoms with E-state index in [1.807, 2.05) is 23.9 Å². The van der Waals surface area contributed by atoms with Crippen LogP contribution in [0.3, 0.4) is 0 Å². The van der Waals surface area contributed by atoms with Crippen LogP contribution in [0.15, 0.2) is 77.7 Å². The molecule has 0 aromatic heterocycles. The van der Waals surface area contributed by atoms with Crippen molar-refractivity contribution in [2.45, 2.75) is 109 Å². The summed E-state index contributed by atoms with van der Waals surface area (Å²) in [5.74, 6) is 0.774. The van der Waals surface area contributed by atoms with Crippen molar-refractivity contribution < 1.29 is 19.1 Å². The molecule has 0 radical (unpaired) electrons.